The summed E-state index contributed by atoms with van der Waals surface area (Å²) in [4.78, 5) is 4.05. The number of hydrogen-bond donors (Lipinski definition) is 1. The quantitative estimate of drug-likeness (QED) is 0.740. The number of imidazole rings is 1. The Morgan fingerprint density at radius 3 is 2.42 bits per heavy atom. The van der Waals surface area contributed by atoms with Gasteiger partial charge in [0.05, 0.1) is 6.04 Å². The van der Waals surface area contributed by atoms with E-state index in [-0.39, 0.29) is 5.03 Å². The van der Waals surface area contributed by atoms with Crippen LogP contribution in [0.5, 0.6) is 0 Å². The molecule has 0 aliphatic carbocycles. The average Bonchev–Trinajstić information content (AvgIpc) is 2.72. The highest BCUT2D eigenvalue weighted by molar-refractivity contribution is 7.89. The maximum absolute atomic E-state index is 12.2. The average molecular weight is 291 g/mol. The van der Waals surface area contributed by atoms with Crippen LogP contribution in [0.25, 0.3) is 0 Å². The normalized spacial score (nSPS) is 14.0. The molecule has 0 aliphatic rings. The minimum Gasteiger partial charge on any atom is -0.354 e. The zero-order valence-corrected chi connectivity index (χ0v) is 12.7. The van der Waals surface area contributed by atoms with Gasteiger partial charge in [-0.1, -0.05) is 0 Å². The number of nitrogens with zero attached hydrogens (tertiary/aromatic N) is 2. The first kappa shape index (κ1) is 16.1. The molecule has 19 heavy (non-hydrogen) atoms. The number of ether oxygens (including phenoxy) is 2. The Balaban J connectivity index is 2.91. The molecule has 1 unspecified atom stereocenters. The van der Waals surface area contributed by atoms with Gasteiger partial charge in [-0.3, -0.25) is 0 Å². The van der Waals surface area contributed by atoms with Gasteiger partial charge in [0.2, 0.25) is 0 Å². The van der Waals surface area contributed by atoms with Crippen LogP contribution in [0.2, 0.25) is 0 Å². The van der Waals surface area contributed by atoms with Crippen LogP contribution in [0, 0.1) is 6.92 Å². The lowest BCUT2D eigenvalue weighted by molar-refractivity contribution is -0.115. The van der Waals surface area contributed by atoms with E-state index in [2.05, 4.69) is 9.71 Å². The summed E-state index contributed by atoms with van der Waals surface area (Å²) in [5, 5.41) is 0.00431. The van der Waals surface area contributed by atoms with Gasteiger partial charge in [0, 0.05) is 27.0 Å². The van der Waals surface area contributed by atoms with E-state index in [1.54, 1.807) is 18.4 Å². The second-order valence-electron chi connectivity index (χ2n) is 4.16. The summed E-state index contributed by atoms with van der Waals surface area (Å²) in [6, 6.07) is -0.521. The number of aromatic nitrogens is 2. The lowest BCUT2D eigenvalue weighted by Crippen LogP contribution is -2.42. The number of nitrogens with one attached hydrogen (secondary N) is 1. The van der Waals surface area contributed by atoms with Gasteiger partial charge < -0.3 is 14.0 Å². The third-order valence-electron chi connectivity index (χ3n) is 2.78. The van der Waals surface area contributed by atoms with E-state index >= 15 is 0 Å². The van der Waals surface area contributed by atoms with Crippen molar-refractivity contribution < 1.29 is 17.9 Å². The molecular formula is C11H21N3O4S. The molecule has 1 aromatic rings. The molecule has 110 valence electrons. The van der Waals surface area contributed by atoms with Gasteiger partial charge in [-0.25, -0.2) is 18.1 Å². The predicted molar refractivity (Wildman–Crippen MR) is 70.2 cm³/mol. The van der Waals surface area contributed by atoms with Gasteiger partial charge in [-0.2, -0.15) is 0 Å². The first-order valence-corrected chi connectivity index (χ1v) is 7.45. The molecule has 0 aliphatic heterocycles. The molecule has 0 fully saturated rings. The van der Waals surface area contributed by atoms with Crippen LogP contribution >= 0.6 is 0 Å². The Labute approximate surface area is 114 Å². The van der Waals surface area contributed by atoms with E-state index in [1.807, 2.05) is 6.92 Å². The van der Waals surface area contributed by atoms with E-state index in [1.165, 1.54) is 20.4 Å². The first-order valence-electron chi connectivity index (χ1n) is 5.97. The molecule has 0 bridgehead atoms. The van der Waals surface area contributed by atoms with E-state index < -0.39 is 22.4 Å². The number of hydrogen-bond acceptors (Lipinski definition) is 5. The van der Waals surface area contributed by atoms with Crippen LogP contribution in [0.3, 0.4) is 0 Å². The monoisotopic (exact) mass is 291 g/mol. The van der Waals surface area contributed by atoms with Crippen LogP contribution in [0.15, 0.2) is 11.2 Å². The molecule has 1 atom stereocenters. The van der Waals surface area contributed by atoms with E-state index in [4.69, 9.17) is 9.47 Å². The Kier molecular flexibility index (Phi) is 5.48. The molecule has 0 saturated heterocycles. The highest BCUT2D eigenvalue weighted by atomic mass is 32.2. The van der Waals surface area contributed by atoms with Crippen molar-refractivity contribution in [3.63, 3.8) is 0 Å². The second kappa shape index (κ2) is 6.47. The number of rotatable bonds is 7. The zero-order valence-electron chi connectivity index (χ0n) is 11.9. The van der Waals surface area contributed by atoms with Crippen LogP contribution in [-0.2, 0) is 26.0 Å². The molecule has 0 spiro atoms. The van der Waals surface area contributed by atoms with Crippen molar-refractivity contribution in [1.82, 2.24) is 14.3 Å². The minimum absolute atomic E-state index is 0.00431. The SMILES string of the molecule is CCn1cc(S(=O)(=O)NC(C)C(OC)OC)nc1C. The van der Waals surface area contributed by atoms with Gasteiger partial charge in [0.25, 0.3) is 10.0 Å². The molecule has 1 aromatic heterocycles. The lowest BCUT2D eigenvalue weighted by atomic mass is 10.3. The van der Waals surface area contributed by atoms with E-state index in [0.29, 0.717) is 12.4 Å². The van der Waals surface area contributed by atoms with E-state index in [9.17, 15) is 8.42 Å². The number of methoxy groups -OCH3 is 2. The molecular weight excluding hydrogens is 270 g/mol. The van der Waals surface area contributed by atoms with Gasteiger partial charge in [0.15, 0.2) is 11.3 Å². The minimum atomic E-state index is -3.68. The lowest BCUT2D eigenvalue weighted by Gasteiger charge is -2.21. The molecule has 0 radical (unpaired) electrons. The van der Waals surface area contributed by atoms with Crippen molar-refractivity contribution in [2.45, 2.75) is 44.7 Å². The smallest absolute Gasteiger partial charge is 0.260 e. The van der Waals surface area contributed by atoms with Crippen molar-refractivity contribution in [3.8, 4) is 0 Å². The van der Waals surface area contributed by atoms with E-state index in [0.717, 1.165) is 0 Å². The molecule has 0 saturated carbocycles. The van der Waals surface area contributed by atoms with Crippen molar-refractivity contribution in [2.24, 2.45) is 0 Å². The fourth-order valence-electron chi connectivity index (χ4n) is 1.79. The molecule has 0 aromatic carbocycles. The molecule has 8 heteroatoms. The van der Waals surface area contributed by atoms with Crippen LogP contribution < -0.4 is 4.72 Å². The standard InChI is InChI=1S/C11H21N3O4S/c1-6-14-7-10(12-9(14)3)19(15,16)13-8(2)11(17-4)18-5/h7-8,11,13H,6H2,1-5H3. The van der Waals surface area contributed by atoms with Crippen LogP contribution in [0.4, 0.5) is 0 Å². The third-order valence-corrected chi connectivity index (χ3v) is 4.21. The van der Waals surface area contributed by atoms with Crippen molar-refractivity contribution in [2.75, 3.05) is 14.2 Å². The topological polar surface area (TPSA) is 82.5 Å². The van der Waals surface area contributed by atoms with Gasteiger partial charge in [-0.15, -0.1) is 0 Å². The molecule has 1 heterocycles. The molecule has 1 N–H and O–H groups in total. The first-order chi connectivity index (χ1) is 8.85. The summed E-state index contributed by atoms with van der Waals surface area (Å²) >= 11 is 0. The highest BCUT2D eigenvalue weighted by Crippen LogP contribution is 2.11. The Morgan fingerprint density at radius 1 is 1.42 bits per heavy atom. The van der Waals surface area contributed by atoms with Gasteiger partial charge in [-0.05, 0) is 20.8 Å². The maximum atomic E-state index is 12.2. The fraction of sp³-hybridized carbons (Fsp3) is 0.727. The summed E-state index contributed by atoms with van der Waals surface area (Å²) in [6.07, 6.45) is 0.864. The van der Waals surface area contributed by atoms with Gasteiger partial charge in [0.1, 0.15) is 5.82 Å². The molecule has 1 rings (SSSR count). The van der Waals surface area contributed by atoms with Crippen LogP contribution in [0.1, 0.15) is 19.7 Å². The Hall–Kier alpha value is -0.960. The second-order valence-corrected chi connectivity index (χ2v) is 5.82. The third kappa shape index (κ3) is 3.75. The molecule has 0 amide bonds. The summed E-state index contributed by atoms with van der Waals surface area (Å²) in [7, 11) is -0.772. The molecule has 7 nitrogen and oxygen atoms in total. The zero-order chi connectivity index (χ0) is 14.6. The highest BCUT2D eigenvalue weighted by Gasteiger charge is 2.25. The summed E-state index contributed by atoms with van der Waals surface area (Å²) in [5.41, 5.74) is 0. The van der Waals surface area contributed by atoms with Crippen LogP contribution in [-0.4, -0.2) is 44.5 Å². The number of sulfonamides is 1. The fourth-order valence-corrected chi connectivity index (χ4v) is 3.03. The summed E-state index contributed by atoms with van der Waals surface area (Å²) < 4.78 is 38.6. The Morgan fingerprint density at radius 2 is 2.00 bits per heavy atom. The Bertz CT molecular complexity index is 508. The summed E-state index contributed by atoms with van der Waals surface area (Å²) in [6.45, 7) is 6.02. The largest absolute Gasteiger partial charge is 0.354 e. The number of aryl methyl sites for hydroxylation is 2. The van der Waals surface area contributed by atoms with Crippen molar-refractivity contribution in [3.05, 3.63) is 12.0 Å². The maximum Gasteiger partial charge on any atom is 0.260 e. The van der Waals surface area contributed by atoms with Gasteiger partial charge >= 0.3 is 0 Å². The van der Waals surface area contributed by atoms with Crippen molar-refractivity contribution >= 4 is 10.0 Å². The predicted octanol–water partition coefficient (Wildman–Crippen LogP) is 0.497. The van der Waals surface area contributed by atoms with Crippen molar-refractivity contribution in [1.29, 1.82) is 0 Å². The summed E-state index contributed by atoms with van der Waals surface area (Å²) in [5.74, 6) is 0.658.